The number of hydrogen-bond donors (Lipinski definition) is 1. The second kappa shape index (κ2) is 8.07. The number of nitrogens with one attached hydrogen (secondary N) is 1. The number of rotatable bonds is 6. The fourth-order valence-corrected chi connectivity index (χ4v) is 3.95. The highest BCUT2D eigenvalue weighted by Crippen LogP contribution is 2.38. The Hall–Kier alpha value is -3.15. The molecule has 0 aromatic heterocycles. The van der Waals surface area contributed by atoms with E-state index in [1.54, 1.807) is 24.3 Å². The minimum Gasteiger partial charge on any atom is -0.433 e. The molecular weight excluding hydrogens is 368 g/mol. The van der Waals surface area contributed by atoms with E-state index < -0.39 is 18.2 Å². The van der Waals surface area contributed by atoms with Crippen molar-refractivity contribution < 1.29 is 19.1 Å². The number of likely N-dealkylation sites (tertiary alicyclic amines) is 1. The second-order valence-corrected chi connectivity index (χ2v) is 7.49. The van der Waals surface area contributed by atoms with Crippen LogP contribution in [0.3, 0.4) is 0 Å². The van der Waals surface area contributed by atoms with Gasteiger partial charge in [0.15, 0.2) is 0 Å². The van der Waals surface area contributed by atoms with Gasteiger partial charge >= 0.3 is 5.97 Å². The van der Waals surface area contributed by atoms with Crippen molar-refractivity contribution >= 4 is 23.5 Å². The van der Waals surface area contributed by atoms with Crippen LogP contribution in [0.4, 0.5) is 5.69 Å². The highest BCUT2D eigenvalue weighted by atomic mass is 16.6. The number of fused-ring (bicyclic) bond motifs is 1. The zero-order valence-corrected chi connectivity index (χ0v) is 16.4. The van der Waals surface area contributed by atoms with Crippen LogP contribution in [0.5, 0.6) is 0 Å². The van der Waals surface area contributed by atoms with E-state index in [2.05, 4.69) is 12.2 Å². The van der Waals surface area contributed by atoms with Gasteiger partial charge in [0.05, 0.1) is 5.56 Å². The van der Waals surface area contributed by atoms with Crippen molar-refractivity contribution in [3.05, 3.63) is 65.2 Å². The van der Waals surface area contributed by atoms with Gasteiger partial charge in [-0.25, -0.2) is 4.79 Å². The third kappa shape index (κ3) is 3.75. The predicted molar refractivity (Wildman–Crippen MR) is 108 cm³/mol. The first-order valence-electron chi connectivity index (χ1n) is 10.1. The van der Waals surface area contributed by atoms with E-state index in [0.29, 0.717) is 23.2 Å². The first kappa shape index (κ1) is 19.2. The van der Waals surface area contributed by atoms with Crippen LogP contribution in [0.15, 0.2) is 48.5 Å². The number of hydrogen-bond acceptors (Lipinski definition) is 4. The summed E-state index contributed by atoms with van der Waals surface area (Å²) in [6.07, 6.45) is 3.09. The molecule has 0 radical (unpaired) electrons. The quantitative estimate of drug-likeness (QED) is 0.758. The van der Waals surface area contributed by atoms with Crippen LogP contribution in [0.2, 0.25) is 0 Å². The van der Waals surface area contributed by atoms with Crippen molar-refractivity contribution in [2.75, 3.05) is 5.32 Å². The average molecular weight is 392 g/mol. The summed E-state index contributed by atoms with van der Waals surface area (Å²) < 4.78 is 5.46. The van der Waals surface area contributed by atoms with Gasteiger partial charge in [-0.15, -0.1) is 0 Å². The molecule has 1 N–H and O–H groups in total. The Bertz CT molecular complexity index is 938. The van der Waals surface area contributed by atoms with E-state index >= 15 is 0 Å². The molecule has 0 bridgehead atoms. The van der Waals surface area contributed by atoms with Gasteiger partial charge in [0.25, 0.3) is 0 Å². The summed E-state index contributed by atoms with van der Waals surface area (Å²) in [4.78, 5) is 39.0. The predicted octanol–water partition coefficient (Wildman–Crippen LogP) is 3.83. The number of nitrogens with zero attached hydrogens (tertiary/aromatic N) is 1. The molecule has 2 aromatic carbocycles. The minimum absolute atomic E-state index is 0.186. The molecule has 2 heterocycles. The summed E-state index contributed by atoms with van der Waals surface area (Å²) in [5.41, 5.74) is 3.00. The number of esters is 1. The van der Waals surface area contributed by atoms with Gasteiger partial charge in [0.1, 0.15) is 6.04 Å². The van der Waals surface area contributed by atoms with Crippen molar-refractivity contribution in [3.63, 3.8) is 0 Å². The monoisotopic (exact) mass is 392 g/mol. The molecule has 6 heteroatoms. The molecule has 0 aliphatic carbocycles. The number of amides is 2. The number of cyclic esters (lactones) is 1. The third-order valence-electron chi connectivity index (χ3n) is 5.52. The van der Waals surface area contributed by atoms with Crippen molar-refractivity contribution in [1.82, 2.24) is 4.90 Å². The van der Waals surface area contributed by atoms with Crippen LogP contribution in [0.25, 0.3) is 0 Å². The average Bonchev–Trinajstić information content (AvgIpc) is 3.27. The van der Waals surface area contributed by atoms with Gasteiger partial charge in [-0.3, -0.25) is 14.5 Å². The Balaban J connectivity index is 1.50. The Morgan fingerprint density at radius 3 is 2.66 bits per heavy atom. The first-order chi connectivity index (χ1) is 14.1. The van der Waals surface area contributed by atoms with E-state index in [-0.39, 0.29) is 18.2 Å². The van der Waals surface area contributed by atoms with Crippen LogP contribution in [0, 0.1) is 0 Å². The molecule has 2 amide bonds. The summed E-state index contributed by atoms with van der Waals surface area (Å²) in [6.45, 7) is 2.16. The molecule has 1 saturated heterocycles. The Morgan fingerprint density at radius 1 is 1.14 bits per heavy atom. The molecule has 0 saturated carbocycles. The molecule has 4 rings (SSSR count). The summed E-state index contributed by atoms with van der Waals surface area (Å²) in [6, 6.07) is 14.1. The minimum atomic E-state index is -0.846. The van der Waals surface area contributed by atoms with E-state index in [1.807, 2.05) is 24.3 Å². The lowest BCUT2D eigenvalue weighted by molar-refractivity contribution is -0.144. The summed E-state index contributed by atoms with van der Waals surface area (Å²) in [5, 5.41) is 2.90. The molecule has 0 spiro atoms. The number of aryl methyl sites for hydroxylation is 1. The van der Waals surface area contributed by atoms with Gasteiger partial charge in [0, 0.05) is 17.7 Å². The Labute approximate surface area is 169 Å². The van der Waals surface area contributed by atoms with Crippen molar-refractivity contribution in [2.45, 2.75) is 51.3 Å². The van der Waals surface area contributed by atoms with Crippen molar-refractivity contribution in [1.29, 1.82) is 0 Å². The molecule has 2 atom stereocenters. The van der Waals surface area contributed by atoms with Gasteiger partial charge in [-0.2, -0.15) is 0 Å². The largest absolute Gasteiger partial charge is 0.433 e. The molecule has 2 unspecified atom stereocenters. The molecule has 2 aromatic rings. The topological polar surface area (TPSA) is 75.7 Å². The maximum Gasteiger partial charge on any atom is 0.340 e. The van der Waals surface area contributed by atoms with Crippen LogP contribution >= 0.6 is 0 Å². The lowest BCUT2D eigenvalue weighted by Crippen LogP contribution is -2.43. The molecular formula is C23H24N2O4. The van der Waals surface area contributed by atoms with Crippen LogP contribution in [-0.2, 0) is 20.7 Å². The van der Waals surface area contributed by atoms with E-state index in [9.17, 15) is 14.4 Å². The number of anilines is 1. The van der Waals surface area contributed by atoms with Gasteiger partial charge in [0.2, 0.25) is 18.0 Å². The fraction of sp³-hybridized carbons (Fsp3) is 0.348. The zero-order valence-electron chi connectivity index (χ0n) is 16.4. The van der Waals surface area contributed by atoms with Crippen LogP contribution in [-0.4, -0.2) is 28.7 Å². The van der Waals surface area contributed by atoms with Crippen LogP contribution < -0.4 is 5.32 Å². The summed E-state index contributed by atoms with van der Waals surface area (Å²) >= 11 is 0. The lowest BCUT2D eigenvalue weighted by Gasteiger charge is -2.29. The highest BCUT2D eigenvalue weighted by molar-refractivity contribution is 6.00. The number of carbonyl (C=O) groups excluding carboxylic acids is 3. The van der Waals surface area contributed by atoms with E-state index in [0.717, 1.165) is 19.3 Å². The third-order valence-corrected chi connectivity index (χ3v) is 5.52. The maximum absolute atomic E-state index is 12.9. The number of ether oxygens (including phenoxy) is 1. The summed E-state index contributed by atoms with van der Waals surface area (Å²) in [5.74, 6) is -0.917. The van der Waals surface area contributed by atoms with Gasteiger partial charge in [-0.05, 0) is 43.0 Å². The number of carbonyl (C=O) groups is 3. The first-order valence-corrected chi connectivity index (χ1v) is 10.1. The SMILES string of the molecule is CCCCc1ccc(NC(=O)C2CCC(=O)N2C2OC(=O)c3ccccc32)cc1. The molecule has 2 aliphatic rings. The molecule has 6 nitrogen and oxygen atoms in total. The smallest absolute Gasteiger partial charge is 0.340 e. The zero-order chi connectivity index (χ0) is 20.4. The highest BCUT2D eigenvalue weighted by Gasteiger charge is 2.46. The molecule has 150 valence electrons. The van der Waals surface area contributed by atoms with Gasteiger partial charge < -0.3 is 10.1 Å². The Kier molecular flexibility index (Phi) is 5.34. The normalized spacial score (nSPS) is 20.5. The van der Waals surface area contributed by atoms with E-state index in [1.165, 1.54) is 10.5 Å². The van der Waals surface area contributed by atoms with Crippen molar-refractivity contribution in [3.8, 4) is 0 Å². The lowest BCUT2D eigenvalue weighted by atomic mass is 10.1. The van der Waals surface area contributed by atoms with Gasteiger partial charge in [-0.1, -0.05) is 43.7 Å². The number of benzene rings is 2. The maximum atomic E-state index is 12.9. The molecule has 29 heavy (non-hydrogen) atoms. The molecule has 2 aliphatic heterocycles. The number of unbranched alkanes of at least 4 members (excludes halogenated alkanes) is 1. The molecule has 1 fully saturated rings. The Morgan fingerprint density at radius 2 is 1.90 bits per heavy atom. The van der Waals surface area contributed by atoms with Crippen molar-refractivity contribution in [2.24, 2.45) is 0 Å². The summed E-state index contributed by atoms with van der Waals surface area (Å²) in [7, 11) is 0. The van der Waals surface area contributed by atoms with Crippen LogP contribution in [0.1, 0.15) is 60.3 Å². The second-order valence-electron chi connectivity index (χ2n) is 7.49. The fourth-order valence-electron chi connectivity index (χ4n) is 3.95. The van der Waals surface area contributed by atoms with E-state index in [4.69, 9.17) is 4.74 Å². The standard InChI is InChI=1S/C23H24N2O4/c1-2-3-6-15-9-11-16(12-10-15)24-21(27)19-13-14-20(26)25(19)22-17-7-4-5-8-18(17)23(28)29-22/h4-5,7-12,19,22H,2-3,6,13-14H2,1H3,(H,24,27).